The fourth-order valence-corrected chi connectivity index (χ4v) is 4.43. The molecule has 2 aromatic carbocycles. The number of hydrogen-bond donors (Lipinski definition) is 1. The van der Waals surface area contributed by atoms with Gasteiger partial charge in [0.1, 0.15) is 0 Å². The molecule has 0 aliphatic heterocycles. The van der Waals surface area contributed by atoms with Crippen LogP contribution in [0.1, 0.15) is 33.8 Å². The molecule has 0 spiro atoms. The second-order valence-corrected chi connectivity index (χ2v) is 8.79. The zero-order valence-corrected chi connectivity index (χ0v) is 19.2. The molecule has 5 nitrogen and oxygen atoms in total. The summed E-state index contributed by atoms with van der Waals surface area (Å²) in [7, 11) is 0. The topological polar surface area (TPSA) is 59.8 Å². The molecular formula is C24H23ClN4OS. The largest absolute Gasteiger partial charge is 0.324 e. The molecule has 0 radical (unpaired) electrons. The maximum atomic E-state index is 12.4. The van der Waals surface area contributed by atoms with Crippen molar-refractivity contribution in [1.29, 1.82) is 0 Å². The van der Waals surface area contributed by atoms with Gasteiger partial charge >= 0.3 is 0 Å². The third-order valence-corrected chi connectivity index (χ3v) is 6.35. The number of rotatable bonds is 6. The second-order valence-electron chi connectivity index (χ2n) is 7.55. The minimum absolute atomic E-state index is 0.154. The van der Waals surface area contributed by atoms with E-state index in [4.69, 9.17) is 16.7 Å². The minimum atomic E-state index is -0.154. The standard InChI is InChI=1S/C24H23ClN4OS/c1-15-8-10-18(11-9-15)12-20-16(2)28-29(17(20)3)24-26-19(14-31-24)13-23(30)27-22-7-5-4-6-21(22)25/h4-11,14H,12-13H2,1-3H3,(H,27,30). The predicted molar refractivity (Wildman–Crippen MR) is 126 cm³/mol. The van der Waals surface area contributed by atoms with E-state index in [2.05, 4.69) is 48.4 Å². The summed E-state index contributed by atoms with van der Waals surface area (Å²) in [4.78, 5) is 17.0. The Kier molecular flexibility index (Phi) is 6.20. The zero-order chi connectivity index (χ0) is 22.0. The van der Waals surface area contributed by atoms with Gasteiger partial charge in [-0.05, 0) is 38.5 Å². The van der Waals surface area contributed by atoms with Crippen LogP contribution in [0, 0.1) is 20.8 Å². The summed E-state index contributed by atoms with van der Waals surface area (Å²) in [6.45, 7) is 6.18. The highest BCUT2D eigenvalue weighted by atomic mass is 35.5. The van der Waals surface area contributed by atoms with Gasteiger partial charge in [0.15, 0.2) is 0 Å². The fourth-order valence-electron chi connectivity index (χ4n) is 3.42. The number of para-hydroxylation sites is 1. The Morgan fingerprint density at radius 3 is 2.58 bits per heavy atom. The molecule has 1 N–H and O–H groups in total. The number of nitrogens with zero attached hydrogens (tertiary/aromatic N) is 3. The first kappa shape index (κ1) is 21.3. The van der Waals surface area contributed by atoms with Crippen molar-refractivity contribution in [3.63, 3.8) is 0 Å². The van der Waals surface area contributed by atoms with Crippen LogP contribution in [0.25, 0.3) is 5.13 Å². The summed E-state index contributed by atoms with van der Waals surface area (Å²) in [5.74, 6) is -0.154. The van der Waals surface area contributed by atoms with Crippen LogP contribution in [0.2, 0.25) is 5.02 Å². The number of hydrogen-bond acceptors (Lipinski definition) is 4. The van der Waals surface area contributed by atoms with E-state index in [1.165, 1.54) is 28.0 Å². The quantitative estimate of drug-likeness (QED) is 0.411. The molecule has 0 bridgehead atoms. The first-order chi connectivity index (χ1) is 14.9. The molecule has 4 aromatic rings. The summed E-state index contributed by atoms with van der Waals surface area (Å²) in [5.41, 5.74) is 7.08. The Bertz CT molecular complexity index is 1230. The number of carbonyl (C=O) groups is 1. The minimum Gasteiger partial charge on any atom is -0.324 e. The number of benzene rings is 2. The highest BCUT2D eigenvalue weighted by molar-refractivity contribution is 7.12. The van der Waals surface area contributed by atoms with Gasteiger partial charge in [-0.1, -0.05) is 53.6 Å². The maximum absolute atomic E-state index is 12.4. The van der Waals surface area contributed by atoms with Gasteiger partial charge in [0, 0.05) is 23.1 Å². The molecule has 0 aliphatic carbocycles. The number of aryl methyl sites for hydroxylation is 2. The lowest BCUT2D eigenvalue weighted by Gasteiger charge is -2.05. The van der Waals surface area contributed by atoms with Gasteiger partial charge in [0.25, 0.3) is 0 Å². The summed E-state index contributed by atoms with van der Waals surface area (Å²) in [5, 5.41) is 10.7. The molecule has 7 heteroatoms. The van der Waals surface area contributed by atoms with Crippen LogP contribution in [0.5, 0.6) is 0 Å². The molecule has 2 heterocycles. The monoisotopic (exact) mass is 450 g/mol. The molecule has 0 saturated heterocycles. The summed E-state index contributed by atoms with van der Waals surface area (Å²) in [6, 6.07) is 15.8. The SMILES string of the molecule is Cc1ccc(Cc2c(C)nn(-c3nc(CC(=O)Nc4ccccc4Cl)cs3)c2C)cc1. The molecule has 31 heavy (non-hydrogen) atoms. The number of anilines is 1. The van der Waals surface area contributed by atoms with Crippen molar-refractivity contribution in [2.75, 3.05) is 5.32 Å². The van der Waals surface area contributed by atoms with Crippen LogP contribution >= 0.6 is 22.9 Å². The van der Waals surface area contributed by atoms with Gasteiger partial charge in [-0.3, -0.25) is 4.79 Å². The predicted octanol–water partition coefficient (Wildman–Crippen LogP) is 5.68. The maximum Gasteiger partial charge on any atom is 0.230 e. The number of nitrogens with one attached hydrogen (secondary N) is 1. The fraction of sp³-hybridized carbons (Fsp3) is 0.208. The van der Waals surface area contributed by atoms with Gasteiger partial charge in [-0.25, -0.2) is 9.67 Å². The first-order valence-corrected chi connectivity index (χ1v) is 11.3. The van der Waals surface area contributed by atoms with E-state index in [9.17, 15) is 4.79 Å². The number of carbonyl (C=O) groups excluding carboxylic acids is 1. The normalized spacial score (nSPS) is 11.0. The molecule has 2 aromatic heterocycles. The van der Waals surface area contributed by atoms with E-state index in [1.807, 2.05) is 29.1 Å². The van der Waals surface area contributed by atoms with E-state index in [-0.39, 0.29) is 12.3 Å². The van der Waals surface area contributed by atoms with Crippen LogP contribution in [0.15, 0.2) is 53.9 Å². The highest BCUT2D eigenvalue weighted by Crippen LogP contribution is 2.24. The van der Waals surface area contributed by atoms with Crippen molar-refractivity contribution < 1.29 is 4.79 Å². The average molecular weight is 451 g/mol. The van der Waals surface area contributed by atoms with E-state index in [0.717, 1.165) is 22.9 Å². The number of halogens is 1. The van der Waals surface area contributed by atoms with Gasteiger partial charge in [-0.15, -0.1) is 11.3 Å². The van der Waals surface area contributed by atoms with E-state index in [1.54, 1.807) is 12.1 Å². The van der Waals surface area contributed by atoms with E-state index in [0.29, 0.717) is 16.4 Å². The zero-order valence-electron chi connectivity index (χ0n) is 17.6. The summed E-state index contributed by atoms with van der Waals surface area (Å²) in [6.07, 6.45) is 1.01. The third-order valence-electron chi connectivity index (χ3n) is 5.15. The third kappa shape index (κ3) is 4.86. The second kappa shape index (κ2) is 9.04. The van der Waals surface area contributed by atoms with Gasteiger partial charge < -0.3 is 5.32 Å². The van der Waals surface area contributed by atoms with Gasteiger partial charge in [0.2, 0.25) is 11.0 Å². The van der Waals surface area contributed by atoms with Crippen molar-refractivity contribution in [3.05, 3.63) is 92.7 Å². The molecular weight excluding hydrogens is 428 g/mol. The molecule has 1 amide bonds. The summed E-state index contributed by atoms with van der Waals surface area (Å²) < 4.78 is 1.87. The van der Waals surface area contributed by atoms with Crippen LogP contribution in [0.3, 0.4) is 0 Å². The molecule has 0 fully saturated rings. The Labute approximate surface area is 190 Å². The van der Waals surface area contributed by atoms with Crippen molar-refractivity contribution in [3.8, 4) is 5.13 Å². The van der Waals surface area contributed by atoms with Crippen LogP contribution < -0.4 is 5.32 Å². The Morgan fingerprint density at radius 1 is 1.10 bits per heavy atom. The molecule has 4 rings (SSSR count). The highest BCUT2D eigenvalue weighted by Gasteiger charge is 2.17. The van der Waals surface area contributed by atoms with Crippen molar-refractivity contribution in [2.24, 2.45) is 0 Å². The Morgan fingerprint density at radius 2 is 1.84 bits per heavy atom. The molecule has 0 atom stereocenters. The average Bonchev–Trinajstić information content (AvgIpc) is 3.30. The molecule has 0 saturated carbocycles. The molecule has 0 aliphatic rings. The van der Waals surface area contributed by atoms with Crippen molar-refractivity contribution in [2.45, 2.75) is 33.6 Å². The van der Waals surface area contributed by atoms with Crippen LogP contribution in [0.4, 0.5) is 5.69 Å². The Hall–Kier alpha value is -2.96. The van der Waals surface area contributed by atoms with Gasteiger partial charge in [0.05, 0.1) is 28.5 Å². The number of aromatic nitrogens is 3. The lowest BCUT2D eigenvalue weighted by Crippen LogP contribution is -2.15. The molecule has 158 valence electrons. The summed E-state index contributed by atoms with van der Waals surface area (Å²) >= 11 is 7.60. The first-order valence-electron chi connectivity index (χ1n) is 10.0. The smallest absolute Gasteiger partial charge is 0.230 e. The Balaban J connectivity index is 1.49. The lowest BCUT2D eigenvalue weighted by molar-refractivity contribution is -0.115. The van der Waals surface area contributed by atoms with Gasteiger partial charge in [-0.2, -0.15) is 5.10 Å². The van der Waals surface area contributed by atoms with Crippen molar-refractivity contribution in [1.82, 2.24) is 14.8 Å². The number of amides is 1. The molecule has 0 unspecified atom stereocenters. The van der Waals surface area contributed by atoms with E-state index < -0.39 is 0 Å². The van der Waals surface area contributed by atoms with Crippen LogP contribution in [-0.4, -0.2) is 20.7 Å². The lowest BCUT2D eigenvalue weighted by atomic mass is 10.0. The van der Waals surface area contributed by atoms with Crippen LogP contribution in [-0.2, 0) is 17.6 Å². The van der Waals surface area contributed by atoms with E-state index >= 15 is 0 Å². The van der Waals surface area contributed by atoms with Crippen molar-refractivity contribution >= 4 is 34.5 Å². The number of thiazole rings is 1.